The van der Waals surface area contributed by atoms with Crippen LogP contribution in [0.2, 0.25) is 0 Å². The molecule has 6 nitrogen and oxygen atoms in total. The van der Waals surface area contributed by atoms with Gasteiger partial charge in [-0.2, -0.15) is 0 Å². The summed E-state index contributed by atoms with van der Waals surface area (Å²) in [5.41, 5.74) is 6.51. The summed E-state index contributed by atoms with van der Waals surface area (Å²) < 4.78 is 27.0. The van der Waals surface area contributed by atoms with Gasteiger partial charge >= 0.3 is 0 Å². The highest BCUT2D eigenvalue weighted by Gasteiger charge is 2.25. The lowest BCUT2D eigenvalue weighted by atomic mass is 10.1. The molecule has 1 aromatic carbocycles. The maximum atomic E-state index is 12.2. The van der Waals surface area contributed by atoms with Crippen molar-refractivity contribution in [2.75, 3.05) is 11.9 Å². The van der Waals surface area contributed by atoms with E-state index in [2.05, 4.69) is 10.0 Å². The van der Waals surface area contributed by atoms with Crippen LogP contribution in [0, 0.1) is 5.92 Å². The number of amides is 1. The van der Waals surface area contributed by atoms with Gasteiger partial charge in [0.2, 0.25) is 15.9 Å². The number of nitrogens with one attached hydrogen (secondary N) is 2. The molecule has 1 saturated carbocycles. The quantitative estimate of drug-likeness (QED) is 0.756. The van der Waals surface area contributed by atoms with Crippen molar-refractivity contribution in [2.24, 2.45) is 11.7 Å². The molecular formula is C14H21N3O3S. The third-order valence-corrected chi connectivity index (χ3v) is 5.18. The molecule has 0 saturated heterocycles. The summed E-state index contributed by atoms with van der Waals surface area (Å²) >= 11 is 0. The zero-order valence-corrected chi connectivity index (χ0v) is 12.8. The van der Waals surface area contributed by atoms with Gasteiger partial charge in [-0.15, -0.1) is 0 Å². The Labute approximate surface area is 125 Å². The van der Waals surface area contributed by atoms with Crippen molar-refractivity contribution in [3.8, 4) is 0 Å². The Morgan fingerprint density at radius 2 is 1.95 bits per heavy atom. The third-order valence-electron chi connectivity index (χ3n) is 3.74. The van der Waals surface area contributed by atoms with E-state index in [0.29, 0.717) is 12.2 Å². The summed E-state index contributed by atoms with van der Waals surface area (Å²) in [7, 11) is -3.53. The zero-order chi connectivity index (χ0) is 15.5. The van der Waals surface area contributed by atoms with Crippen molar-refractivity contribution >= 4 is 21.6 Å². The number of carbonyl (C=O) groups is 1. The largest absolute Gasteiger partial charge is 0.327 e. The van der Waals surface area contributed by atoms with Crippen LogP contribution in [0.5, 0.6) is 0 Å². The molecule has 0 heterocycles. The molecule has 116 valence electrons. The molecule has 7 heteroatoms. The lowest BCUT2D eigenvalue weighted by Gasteiger charge is -2.16. The van der Waals surface area contributed by atoms with Gasteiger partial charge in [0.25, 0.3) is 0 Å². The fourth-order valence-electron chi connectivity index (χ4n) is 2.54. The Hall–Kier alpha value is -1.44. The minimum atomic E-state index is -3.53. The van der Waals surface area contributed by atoms with Crippen molar-refractivity contribution in [3.63, 3.8) is 0 Å². The van der Waals surface area contributed by atoms with Gasteiger partial charge in [-0.25, -0.2) is 13.1 Å². The van der Waals surface area contributed by atoms with E-state index in [1.807, 2.05) is 0 Å². The first-order chi connectivity index (χ1) is 9.88. The number of benzene rings is 1. The number of hydrogen-bond donors (Lipinski definition) is 3. The Morgan fingerprint density at radius 3 is 2.48 bits per heavy atom. The number of rotatable bonds is 5. The van der Waals surface area contributed by atoms with Gasteiger partial charge in [0.1, 0.15) is 0 Å². The second kappa shape index (κ2) is 6.55. The average molecular weight is 311 g/mol. The Kier molecular flexibility index (Phi) is 4.97. The summed E-state index contributed by atoms with van der Waals surface area (Å²) in [5.74, 6) is 0.0115. The van der Waals surface area contributed by atoms with E-state index in [1.165, 1.54) is 19.1 Å². The van der Waals surface area contributed by atoms with Crippen molar-refractivity contribution in [1.82, 2.24) is 4.72 Å². The first-order valence-electron chi connectivity index (χ1n) is 7.01. The van der Waals surface area contributed by atoms with Crippen LogP contribution in [0.15, 0.2) is 29.2 Å². The van der Waals surface area contributed by atoms with E-state index in [1.54, 1.807) is 12.1 Å². The molecule has 2 unspecified atom stereocenters. The van der Waals surface area contributed by atoms with E-state index in [0.717, 1.165) is 19.3 Å². The number of carbonyl (C=O) groups excluding carboxylic acids is 1. The van der Waals surface area contributed by atoms with Crippen molar-refractivity contribution in [1.29, 1.82) is 0 Å². The molecule has 0 radical (unpaired) electrons. The first-order valence-corrected chi connectivity index (χ1v) is 8.50. The Morgan fingerprint density at radius 1 is 1.29 bits per heavy atom. The molecule has 1 aliphatic rings. The van der Waals surface area contributed by atoms with Gasteiger partial charge < -0.3 is 11.1 Å². The van der Waals surface area contributed by atoms with Gasteiger partial charge in [-0.05, 0) is 43.0 Å². The summed E-state index contributed by atoms with van der Waals surface area (Å²) in [6, 6.07) is 6.16. The Balaban J connectivity index is 2.00. The van der Waals surface area contributed by atoms with E-state index < -0.39 is 10.0 Å². The van der Waals surface area contributed by atoms with Crippen molar-refractivity contribution in [2.45, 2.75) is 37.1 Å². The molecule has 1 aliphatic carbocycles. The van der Waals surface area contributed by atoms with Crippen molar-refractivity contribution in [3.05, 3.63) is 24.3 Å². The number of hydrogen-bond acceptors (Lipinski definition) is 4. The molecule has 1 amide bonds. The van der Waals surface area contributed by atoms with Crippen molar-refractivity contribution < 1.29 is 13.2 Å². The van der Waals surface area contributed by atoms with Crippen LogP contribution in [-0.4, -0.2) is 26.9 Å². The normalized spacial score (nSPS) is 22.2. The predicted octanol–water partition coefficient (Wildman–Crippen LogP) is 1.05. The fraction of sp³-hybridized carbons (Fsp3) is 0.500. The maximum absolute atomic E-state index is 12.2. The second-order valence-electron chi connectivity index (χ2n) is 5.41. The molecule has 4 N–H and O–H groups in total. The zero-order valence-electron chi connectivity index (χ0n) is 12.0. The molecule has 21 heavy (non-hydrogen) atoms. The van der Waals surface area contributed by atoms with Gasteiger partial charge in [0.05, 0.1) is 4.90 Å². The standard InChI is InChI=1S/C14H21N3O3S/c1-10(18)17-12-5-7-13(8-6-12)21(19,20)16-9-11-3-2-4-14(11)15/h5-8,11,14,16H,2-4,9,15H2,1H3,(H,17,18). The van der Waals surface area contributed by atoms with Gasteiger partial charge in [0.15, 0.2) is 0 Å². The summed E-state index contributed by atoms with van der Waals surface area (Å²) in [4.78, 5) is 11.1. The lowest BCUT2D eigenvalue weighted by Crippen LogP contribution is -2.35. The highest BCUT2D eigenvalue weighted by Crippen LogP contribution is 2.23. The molecule has 2 atom stereocenters. The number of sulfonamides is 1. The molecule has 0 aliphatic heterocycles. The predicted molar refractivity (Wildman–Crippen MR) is 81.3 cm³/mol. The van der Waals surface area contributed by atoms with E-state index in [9.17, 15) is 13.2 Å². The van der Waals surface area contributed by atoms with E-state index >= 15 is 0 Å². The molecule has 2 rings (SSSR count). The monoisotopic (exact) mass is 311 g/mol. The van der Waals surface area contributed by atoms with Gasteiger partial charge in [-0.3, -0.25) is 4.79 Å². The lowest BCUT2D eigenvalue weighted by molar-refractivity contribution is -0.114. The van der Waals surface area contributed by atoms with E-state index in [-0.39, 0.29) is 22.8 Å². The minimum absolute atomic E-state index is 0.0786. The molecule has 0 spiro atoms. The van der Waals surface area contributed by atoms with Crippen LogP contribution in [0.1, 0.15) is 26.2 Å². The average Bonchev–Trinajstić information content (AvgIpc) is 2.82. The first kappa shape index (κ1) is 15.9. The highest BCUT2D eigenvalue weighted by molar-refractivity contribution is 7.89. The minimum Gasteiger partial charge on any atom is -0.327 e. The molecule has 0 bridgehead atoms. The summed E-state index contributed by atoms with van der Waals surface area (Å²) in [6.07, 6.45) is 2.97. The van der Waals surface area contributed by atoms with Crippen LogP contribution in [0.25, 0.3) is 0 Å². The second-order valence-corrected chi connectivity index (χ2v) is 7.18. The van der Waals surface area contributed by atoms with Crippen LogP contribution in [0.4, 0.5) is 5.69 Å². The number of nitrogens with two attached hydrogens (primary N) is 1. The SMILES string of the molecule is CC(=O)Nc1ccc(S(=O)(=O)NCC2CCCC2N)cc1. The van der Waals surface area contributed by atoms with Crippen LogP contribution in [0.3, 0.4) is 0 Å². The molecule has 1 aromatic rings. The highest BCUT2D eigenvalue weighted by atomic mass is 32.2. The Bertz CT molecular complexity index is 598. The fourth-order valence-corrected chi connectivity index (χ4v) is 3.63. The van der Waals surface area contributed by atoms with Crippen LogP contribution >= 0.6 is 0 Å². The number of anilines is 1. The maximum Gasteiger partial charge on any atom is 0.240 e. The third kappa shape index (κ3) is 4.26. The van der Waals surface area contributed by atoms with Gasteiger partial charge in [-0.1, -0.05) is 6.42 Å². The molecule has 1 fully saturated rings. The van der Waals surface area contributed by atoms with Crippen LogP contribution in [-0.2, 0) is 14.8 Å². The summed E-state index contributed by atoms with van der Waals surface area (Å²) in [6.45, 7) is 1.77. The summed E-state index contributed by atoms with van der Waals surface area (Å²) in [5, 5.41) is 2.60. The van der Waals surface area contributed by atoms with E-state index in [4.69, 9.17) is 5.73 Å². The van der Waals surface area contributed by atoms with Gasteiger partial charge in [0, 0.05) is 25.2 Å². The topological polar surface area (TPSA) is 101 Å². The van der Waals surface area contributed by atoms with Crippen LogP contribution < -0.4 is 15.8 Å². The molecular weight excluding hydrogens is 290 g/mol. The molecule has 0 aromatic heterocycles. The smallest absolute Gasteiger partial charge is 0.240 e.